The van der Waals surface area contributed by atoms with Gasteiger partial charge in [-0.25, -0.2) is 9.59 Å². The molecular weight excluding hydrogens is 262 g/mol. The normalized spacial score (nSPS) is 17.4. The summed E-state index contributed by atoms with van der Waals surface area (Å²) in [6, 6.07) is -0.151. The summed E-state index contributed by atoms with van der Waals surface area (Å²) in [6.07, 6.45) is 3.77. The zero-order chi connectivity index (χ0) is 14.8. The third-order valence-corrected chi connectivity index (χ3v) is 3.12. The van der Waals surface area contributed by atoms with E-state index >= 15 is 0 Å². The van der Waals surface area contributed by atoms with Crippen LogP contribution in [-0.2, 0) is 9.53 Å². The highest BCUT2D eigenvalue weighted by atomic mass is 16.5. The number of ether oxygens (including phenoxy) is 1. The Balaban J connectivity index is 2.03. The van der Waals surface area contributed by atoms with Crippen molar-refractivity contribution in [1.29, 1.82) is 0 Å². The van der Waals surface area contributed by atoms with Crippen molar-refractivity contribution < 1.29 is 19.4 Å². The summed E-state index contributed by atoms with van der Waals surface area (Å²) in [5.41, 5.74) is 0. The molecule has 1 rings (SSSR count). The van der Waals surface area contributed by atoms with E-state index in [4.69, 9.17) is 9.84 Å². The summed E-state index contributed by atoms with van der Waals surface area (Å²) in [6.45, 7) is 5.22. The first-order chi connectivity index (χ1) is 9.58. The molecule has 0 radical (unpaired) electrons. The van der Waals surface area contributed by atoms with Gasteiger partial charge in [0.1, 0.15) is 6.61 Å². The predicted molar refractivity (Wildman–Crippen MR) is 74.7 cm³/mol. The molecule has 1 atom stereocenters. The van der Waals surface area contributed by atoms with Crippen LogP contribution >= 0.6 is 0 Å². The first kappa shape index (κ1) is 16.7. The topological polar surface area (TPSA) is 90.9 Å². The molecule has 0 bridgehead atoms. The van der Waals surface area contributed by atoms with E-state index in [-0.39, 0.29) is 25.3 Å². The minimum absolute atomic E-state index is 0.0908. The standard InChI is InChI=1S/C13H25N3O4/c1-11(9-16-6-3-2-4-7-16)15-13(19)14-5-8-20-10-12(17)18/h11H,2-10H2,1H3,(H,17,18)(H2,14,15,19). The van der Waals surface area contributed by atoms with Crippen LogP contribution in [0.15, 0.2) is 0 Å². The minimum Gasteiger partial charge on any atom is -0.480 e. The number of nitrogens with one attached hydrogen (secondary N) is 2. The second-order valence-corrected chi connectivity index (χ2v) is 5.11. The van der Waals surface area contributed by atoms with Crippen LogP contribution in [0.2, 0.25) is 0 Å². The second-order valence-electron chi connectivity index (χ2n) is 5.11. The van der Waals surface area contributed by atoms with Crippen LogP contribution in [0.25, 0.3) is 0 Å². The Hall–Kier alpha value is -1.34. The number of piperidine rings is 1. The molecular formula is C13H25N3O4. The Bertz CT molecular complexity index is 306. The van der Waals surface area contributed by atoms with Gasteiger partial charge < -0.3 is 25.4 Å². The van der Waals surface area contributed by atoms with Crippen LogP contribution in [0.1, 0.15) is 26.2 Å². The Morgan fingerprint density at radius 2 is 2.00 bits per heavy atom. The summed E-state index contributed by atoms with van der Waals surface area (Å²) in [7, 11) is 0. The number of nitrogens with zero attached hydrogens (tertiary/aromatic N) is 1. The zero-order valence-electron chi connectivity index (χ0n) is 12.1. The number of carbonyl (C=O) groups is 2. The summed E-state index contributed by atoms with van der Waals surface area (Å²) in [5, 5.41) is 13.9. The van der Waals surface area contributed by atoms with E-state index < -0.39 is 5.97 Å². The number of likely N-dealkylation sites (tertiary alicyclic amines) is 1. The lowest BCUT2D eigenvalue weighted by Gasteiger charge is -2.29. The fraction of sp³-hybridized carbons (Fsp3) is 0.846. The second kappa shape index (κ2) is 9.55. The summed E-state index contributed by atoms with van der Waals surface area (Å²) in [5.74, 6) is -1.01. The van der Waals surface area contributed by atoms with Crippen molar-refractivity contribution in [2.24, 2.45) is 0 Å². The van der Waals surface area contributed by atoms with Crippen LogP contribution in [0.3, 0.4) is 0 Å². The maximum atomic E-state index is 11.6. The highest BCUT2D eigenvalue weighted by Crippen LogP contribution is 2.08. The number of carbonyl (C=O) groups excluding carboxylic acids is 1. The van der Waals surface area contributed by atoms with Gasteiger partial charge >= 0.3 is 12.0 Å². The SMILES string of the molecule is CC(CN1CCCCC1)NC(=O)NCCOCC(=O)O. The molecule has 1 fully saturated rings. The Morgan fingerprint density at radius 1 is 1.30 bits per heavy atom. The maximum Gasteiger partial charge on any atom is 0.329 e. The van der Waals surface area contributed by atoms with Gasteiger partial charge in [-0.1, -0.05) is 6.42 Å². The van der Waals surface area contributed by atoms with E-state index in [1.165, 1.54) is 19.3 Å². The van der Waals surface area contributed by atoms with E-state index in [1.807, 2.05) is 6.92 Å². The number of carboxylic acids is 1. The van der Waals surface area contributed by atoms with Crippen molar-refractivity contribution in [1.82, 2.24) is 15.5 Å². The van der Waals surface area contributed by atoms with Gasteiger partial charge in [0, 0.05) is 19.1 Å². The van der Waals surface area contributed by atoms with E-state index in [0.29, 0.717) is 6.54 Å². The predicted octanol–water partition coefficient (Wildman–Crippen LogP) is 0.261. The molecule has 1 heterocycles. The molecule has 7 nitrogen and oxygen atoms in total. The zero-order valence-corrected chi connectivity index (χ0v) is 12.1. The lowest BCUT2D eigenvalue weighted by molar-refractivity contribution is -0.142. The molecule has 1 aliphatic rings. The van der Waals surface area contributed by atoms with Gasteiger partial charge in [0.2, 0.25) is 0 Å². The third-order valence-electron chi connectivity index (χ3n) is 3.12. The van der Waals surface area contributed by atoms with Gasteiger partial charge in [-0.15, -0.1) is 0 Å². The molecule has 116 valence electrons. The third kappa shape index (κ3) is 7.96. The molecule has 0 spiro atoms. The Labute approximate surface area is 119 Å². The van der Waals surface area contributed by atoms with Crippen LogP contribution in [0, 0.1) is 0 Å². The number of carboxylic acid groups (broad SMARTS) is 1. The quantitative estimate of drug-likeness (QED) is 0.557. The molecule has 7 heteroatoms. The summed E-state index contributed by atoms with van der Waals surface area (Å²) >= 11 is 0. The van der Waals surface area contributed by atoms with Crippen molar-refractivity contribution in [2.75, 3.05) is 39.4 Å². The van der Waals surface area contributed by atoms with Crippen LogP contribution in [-0.4, -0.2) is 67.4 Å². The lowest BCUT2D eigenvalue weighted by Crippen LogP contribution is -2.47. The number of amides is 2. The van der Waals surface area contributed by atoms with Crippen molar-refractivity contribution in [3.05, 3.63) is 0 Å². The fourth-order valence-electron chi connectivity index (χ4n) is 2.25. The van der Waals surface area contributed by atoms with Gasteiger partial charge in [-0.05, 0) is 32.9 Å². The van der Waals surface area contributed by atoms with Gasteiger partial charge in [-0.2, -0.15) is 0 Å². The minimum atomic E-state index is -1.01. The van der Waals surface area contributed by atoms with E-state index in [2.05, 4.69) is 15.5 Å². The van der Waals surface area contributed by atoms with Gasteiger partial charge in [0.05, 0.1) is 6.61 Å². The molecule has 3 N–H and O–H groups in total. The van der Waals surface area contributed by atoms with Crippen LogP contribution in [0.5, 0.6) is 0 Å². The molecule has 1 unspecified atom stereocenters. The molecule has 0 aromatic carbocycles. The molecule has 20 heavy (non-hydrogen) atoms. The average Bonchev–Trinajstić information content (AvgIpc) is 2.38. The molecule has 2 amide bonds. The van der Waals surface area contributed by atoms with E-state index in [9.17, 15) is 9.59 Å². The Kier molecular flexibility index (Phi) is 7.98. The van der Waals surface area contributed by atoms with E-state index in [0.717, 1.165) is 19.6 Å². The lowest BCUT2D eigenvalue weighted by atomic mass is 10.1. The monoisotopic (exact) mass is 287 g/mol. The average molecular weight is 287 g/mol. The number of aliphatic carboxylic acids is 1. The van der Waals surface area contributed by atoms with Gasteiger partial charge in [0.15, 0.2) is 0 Å². The number of rotatable bonds is 8. The number of hydrogen-bond acceptors (Lipinski definition) is 4. The first-order valence-electron chi connectivity index (χ1n) is 7.14. The Morgan fingerprint density at radius 3 is 2.65 bits per heavy atom. The highest BCUT2D eigenvalue weighted by molar-refractivity contribution is 5.74. The van der Waals surface area contributed by atoms with Crippen molar-refractivity contribution in [2.45, 2.75) is 32.2 Å². The number of hydrogen-bond donors (Lipinski definition) is 3. The van der Waals surface area contributed by atoms with Crippen molar-refractivity contribution in [3.8, 4) is 0 Å². The number of urea groups is 1. The van der Waals surface area contributed by atoms with Crippen LogP contribution < -0.4 is 10.6 Å². The smallest absolute Gasteiger partial charge is 0.329 e. The highest BCUT2D eigenvalue weighted by Gasteiger charge is 2.14. The van der Waals surface area contributed by atoms with E-state index in [1.54, 1.807) is 0 Å². The van der Waals surface area contributed by atoms with Crippen molar-refractivity contribution >= 4 is 12.0 Å². The van der Waals surface area contributed by atoms with Gasteiger partial charge in [0.25, 0.3) is 0 Å². The molecule has 1 aliphatic heterocycles. The molecule has 0 aliphatic carbocycles. The first-order valence-corrected chi connectivity index (χ1v) is 7.14. The molecule has 0 aromatic rings. The molecule has 0 aromatic heterocycles. The van der Waals surface area contributed by atoms with Crippen LogP contribution in [0.4, 0.5) is 4.79 Å². The largest absolute Gasteiger partial charge is 0.480 e. The fourth-order valence-corrected chi connectivity index (χ4v) is 2.25. The van der Waals surface area contributed by atoms with Gasteiger partial charge in [-0.3, -0.25) is 0 Å². The van der Waals surface area contributed by atoms with Crippen molar-refractivity contribution in [3.63, 3.8) is 0 Å². The summed E-state index contributed by atoms with van der Waals surface area (Å²) in [4.78, 5) is 24.1. The molecule has 1 saturated heterocycles. The summed E-state index contributed by atoms with van der Waals surface area (Å²) < 4.78 is 4.82. The molecule has 0 saturated carbocycles. The maximum absolute atomic E-state index is 11.6.